The molecule has 0 aliphatic carbocycles. The lowest BCUT2D eigenvalue weighted by Crippen LogP contribution is -1.91. The van der Waals surface area contributed by atoms with Crippen LogP contribution in [0.5, 0.6) is 0 Å². The van der Waals surface area contributed by atoms with E-state index in [-0.39, 0.29) is 6.42 Å². The van der Waals surface area contributed by atoms with Crippen LogP contribution in [0.1, 0.15) is 12.8 Å². The van der Waals surface area contributed by atoms with E-state index >= 15 is 0 Å². The molecule has 0 radical (unpaired) electrons. The Morgan fingerprint density at radius 3 is 2.90 bits per heavy atom. The molecule has 0 aromatic carbocycles. The van der Waals surface area contributed by atoms with Crippen molar-refractivity contribution in [3.63, 3.8) is 0 Å². The third kappa shape index (κ3) is 6.73. The van der Waals surface area contributed by atoms with E-state index < -0.39 is 5.97 Å². The monoisotopic (exact) mass is 138 g/mol. The quantitative estimate of drug-likeness (QED) is 0.474. The van der Waals surface area contributed by atoms with Crippen molar-refractivity contribution in [1.29, 1.82) is 0 Å². The van der Waals surface area contributed by atoms with E-state index in [1.165, 1.54) is 0 Å². The highest BCUT2D eigenvalue weighted by Crippen LogP contribution is 1.89. The summed E-state index contributed by atoms with van der Waals surface area (Å²) in [4.78, 5) is 9.96. The molecule has 0 aliphatic heterocycles. The van der Waals surface area contributed by atoms with Crippen LogP contribution in [0.25, 0.3) is 0 Å². The Bertz CT molecular complexity index is 174. The number of aliphatic carboxylic acids is 1. The lowest BCUT2D eigenvalue weighted by Gasteiger charge is -1.83. The lowest BCUT2D eigenvalue weighted by atomic mass is 10.3. The summed E-state index contributed by atoms with van der Waals surface area (Å²) < 4.78 is 0. The van der Waals surface area contributed by atoms with Crippen molar-refractivity contribution in [2.24, 2.45) is 0 Å². The number of hydrogen-bond acceptors (Lipinski definition) is 1. The topological polar surface area (TPSA) is 37.3 Å². The molecule has 0 atom stereocenters. The van der Waals surface area contributed by atoms with Gasteiger partial charge in [-0.3, -0.25) is 4.79 Å². The van der Waals surface area contributed by atoms with Gasteiger partial charge in [-0.15, -0.1) is 5.73 Å². The molecule has 2 heteroatoms. The summed E-state index contributed by atoms with van der Waals surface area (Å²) in [6.45, 7) is 3.35. The number of rotatable bonds is 4. The van der Waals surface area contributed by atoms with Crippen molar-refractivity contribution >= 4 is 5.97 Å². The molecule has 0 aliphatic rings. The summed E-state index contributed by atoms with van der Waals surface area (Å²) in [6, 6.07) is 0. The van der Waals surface area contributed by atoms with E-state index in [1.54, 1.807) is 18.2 Å². The predicted octanol–water partition coefficient (Wildman–Crippen LogP) is 1.75. The SMILES string of the molecule is C=C=C/C=C/CCC(=O)O. The molecule has 0 aromatic heterocycles. The van der Waals surface area contributed by atoms with E-state index in [2.05, 4.69) is 12.3 Å². The van der Waals surface area contributed by atoms with E-state index in [1.807, 2.05) is 0 Å². The molecule has 1 N–H and O–H groups in total. The Kier molecular flexibility index (Phi) is 5.12. The second kappa shape index (κ2) is 5.86. The fourth-order valence-corrected chi connectivity index (χ4v) is 0.439. The van der Waals surface area contributed by atoms with Gasteiger partial charge in [0, 0.05) is 6.42 Å². The average Bonchev–Trinajstić information content (AvgIpc) is 1.87. The maximum absolute atomic E-state index is 9.96. The maximum atomic E-state index is 9.96. The molecule has 0 fully saturated rings. The molecular formula is C8H10O2. The fourth-order valence-electron chi connectivity index (χ4n) is 0.439. The summed E-state index contributed by atoms with van der Waals surface area (Å²) in [5.41, 5.74) is 2.55. The Balaban J connectivity index is 3.35. The van der Waals surface area contributed by atoms with Crippen LogP contribution in [0.4, 0.5) is 0 Å². The van der Waals surface area contributed by atoms with E-state index in [0.29, 0.717) is 6.42 Å². The third-order valence-electron chi connectivity index (χ3n) is 0.875. The first-order valence-corrected chi connectivity index (χ1v) is 3.00. The molecule has 0 saturated carbocycles. The molecule has 2 nitrogen and oxygen atoms in total. The van der Waals surface area contributed by atoms with Crippen LogP contribution in [0.15, 0.2) is 30.5 Å². The fraction of sp³-hybridized carbons (Fsp3) is 0.250. The molecule has 0 spiro atoms. The van der Waals surface area contributed by atoms with Crippen LogP contribution < -0.4 is 0 Å². The van der Waals surface area contributed by atoms with Crippen molar-refractivity contribution < 1.29 is 9.90 Å². The number of carbonyl (C=O) groups is 1. The van der Waals surface area contributed by atoms with Crippen LogP contribution >= 0.6 is 0 Å². The van der Waals surface area contributed by atoms with Crippen molar-refractivity contribution in [3.05, 3.63) is 30.5 Å². The molecule has 0 heterocycles. The molecular weight excluding hydrogens is 128 g/mol. The van der Waals surface area contributed by atoms with Gasteiger partial charge < -0.3 is 5.11 Å². The van der Waals surface area contributed by atoms with Gasteiger partial charge in [-0.1, -0.05) is 18.7 Å². The van der Waals surface area contributed by atoms with Gasteiger partial charge in [0.1, 0.15) is 0 Å². The molecule has 54 valence electrons. The first kappa shape index (κ1) is 8.73. The summed E-state index contributed by atoms with van der Waals surface area (Å²) in [6.07, 6.45) is 5.89. The minimum absolute atomic E-state index is 0.182. The van der Waals surface area contributed by atoms with E-state index in [4.69, 9.17) is 5.11 Å². The van der Waals surface area contributed by atoms with Crippen LogP contribution in [0.2, 0.25) is 0 Å². The standard InChI is InChI=1S/C8H10O2/c1-2-3-4-5-6-7-8(9)10/h3-5H,1,6-7H2,(H,9,10)/b5-4+. The smallest absolute Gasteiger partial charge is 0.303 e. The first-order chi connectivity index (χ1) is 4.77. The zero-order valence-corrected chi connectivity index (χ0v) is 5.71. The average molecular weight is 138 g/mol. The normalized spacial score (nSPS) is 9.20. The molecule has 10 heavy (non-hydrogen) atoms. The second-order valence-corrected chi connectivity index (χ2v) is 1.73. The van der Waals surface area contributed by atoms with Crippen LogP contribution in [0.3, 0.4) is 0 Å². The van der Waals surface area contributed by atoms with E-state index in [0.717, 1.165) is 0 Å². The largest absolute Gasteiger partial charge is 0.481 e. The number of carboxylic acid groups (broad SMARTS) is 1. The Morgan fingerprint density at radius 1 is 1.70 bits per heavy atom. The van der Waals surface area contributed by atoms with Crippen LogP contribution in [-0.2, 0) is 4.79 Å². The van der Waals surface area contributed by atoms with Gasteiger partial charge in [-0.05, 0) is 12.5 Å². The van der Waals surface area contributed by atoms with Gasteiger partial charge in [0.25, 0.3) is 0 Å². The van der Waals surface area contributed by atoms with Crippen LogP contribution in [0, 0.1) is 0 Å². The number of carboxylic acids is 1. The minimum Gasteiger partial charge on any atom is -0.481 e. The molecule has 0 aromatic rings. The lowest BCUT2D eigenvalue weighted by molar-refractivity contribution is -0.136. The van der Waals surface area contributed by atoms with Gasteiger partial charge in [0.05, 0.1) is 0 Å². The Labute approximate surface area is 60.2 Å². The first-order valence-electron chi connectivity index (χ1n) is 3.00. The van der Waals surface area contributed by atoms with Crippen LogP contribution in [-0.4, -0.2) is 11.1 Å². The zero-order chi connectivity index (χ0) is 7.82. The molecule has 0 rings (SSSR count). The molecule has 0 amide bonds. The highest BCUT2D eigenvalue weighted by atomic mass is 16.4. The van der Waals surface area contributed by atoms with Gasteiger partial charge in [0.15, 0.2) is 0 Å². The molecule has 0 bridgehead atoms. The third-order valence-corrected chi connectivity index (χ3v) is 0.875. The predicted molar refractivity (Wildman–Crippen MR) is 39.7 cm³/mol. The number of allylic oxidation sites excluding steroid dienone is 3. The van der Waals surface area contributed by atoms with Crippen molar-refractivity contribution in [1.82, 2.24) is 0 Å². The Morgan fingerprint density at radius 2 is 2.40 bits per heavy atom. The highest BCUT2D eigenvalue weighted by Gasteiger charge is 1.90. The minimum atomic E-state index is -0.771. The van der Waals surface area contributed by atoms with Gasteiger partial charge in [0.2, 0.25) is 0 Å². The highest BCUT2D eigenvalue weighted by molar-refractivity contribution is 5.66. The van der Waals surface area contributed by atoms with Crippen molar-refractivity contribution in [2.75, 3.05) is 0 Å². The van der Waals surface area contributed by atoms with Crippen molar-refractivity contribution in [3.8, 4) is 0 Å². The second-order valence-electron chi connectivity index (χ2n) is 1.73. The van der Waals surface area contributed by atoms with Crippen molar-refractivity contribution in [2.45, 2.75) is 12.8 Å². The number of hydrogen-bond donors (Lipinski definition) is 1. The summed E-state index contributed by atoms with van der Waals surface area (Å²) in [7, 11) is 0. The maximum Gasteiger partial charge on any atom is 0.303 e. The van der Waals surface area contributed by atoms with Gasteiger partial charge in [-0.25, -0.2) is 0 Å². The summed E-state index contributed by atoms with van der Waals surface area (Å²) in [5, 5.41) is 8.20. The Hall–Kier alpha value is -1.27. The van der Waals surface area contributed by atoms with E-state index in [9.17, 15) is 4.79 Å². The van der Waals surface area contributed by atoms with Gasteiger partial charge in [-0.2, -0.15) is 0 Å². The zero-order valence-electron chi connectivity index (χ0n) is 5.71. The summed E-state index contributed by atoms with van der Waals surface area (Å²) in [5.74, 6) is -0.771. The molecule has 0 saturated heterocycles. The molecule has 0 unspecified atom stereocenters. The van der Waals surface area contributed by atoms with Gasteiger partial charge >= 0.3 is 5.97 Å². The summed E-state index contributed by atoms with van der Waals surface area (Å²) >= 11 is 0.